The van der Waals surface area contributed by atoms with Crippen LogP contribution in [-0.4, -0.2) is 33.4 Å². The van der Waals surface area contributed by atoms with Gasteiger partial charge in [-0.3, -0.25) is 9.48 Å². The lowest BCUT2D eigenvalue weighted by Gasteiger charge is -2.16. The van der Waals surface area contributed by atoms with Crippen molar-refractivity contribution in [2.75, 3.05) is 6.54 Å². The minimum atomic E-state index is -0.759. The van der Waals surface area contributed by atoms with Crippen LogP contribution in [0.25, 0.3) is 0 Å². The van der Waals surface area contributed by atoms with Crippen LogP contribution >= 0.6 is 0 Å². The monoisotopic (exact) mass is 280 g/mol. The second-order valence-electron chi connectivity index (χ2n) is 5.22. The van der Waals surface area contributed by atoms with E-state index in [1.165, 1.54) is 0 Å². The summed E-state index contributed by atoms with van der Waals surface area (Å²) < 4.78 is 1.67. The van der Waals surface area contributed by atoms with E-state index in [2.05, 4.69) is 15.7 Å². The topological polar surface area (TPSA) is 96.2 Å². The molecule has 0 saturated heterocycles. The molecule has 1 saturated carbocycles. The number of amides is 2. The van der Waals surface area contributed by atoms with E-state index < -0.39 is 5.97 Å². The maximum Gasteiger partial charge on any atom is 0.315 e. The first kappa shape index (κ1) is 14.4. The van der Waals surface area contributed by atoms with Crippen LogP contribution in [0.15, 0.2) is 12.4 Å². The van der Waals surface area contributed by atoms with Gasteiger partial charge in [-0.1, -0.05) is 6.42 Å². The van der Waals surface area contributed by atoms with E-state index in [0.717, 1.165) is 18.4 Å². The normalized spacial score (nSPS) is 21.6. The summed E-state index contributed by atoms with van der Waals surface area (Å²) in [6.45, 7) is 0.822. The highest BCUT2D eigenvalue weighted by atomic mass is 16.4. The third-order valence-corrected chi connectivity index (χ3v) is 3.71. The fraction of sp³-hybridized carbons (Fsp3) is 0.615. The highest BCUT2D eigenvalue weighted by Crippen LogP contribution is 2.31. The summed E-state index contributed by atoms with van der Waals surface area (Å²) in [6, 6.07) is -0.273. The summed E-state index contributed by atoms with van der Waals surface area (Å²) in [4.78, 5) is 22.7. The Hall–Kier alpha value is -2.05. The zero-order valence-electron chi connectivity index (χ0n) is 11.5. The highest BCUT2D eigenvalue weighted by molar-refractivity contribution is 5.74. The number of aryl methyl sites for hydroxylation is 1. The molecule has 0 spiro atoms. The van der Waals surface area contributed by atoms with Crippen LogP contribution in [0, 0.1) is 11.8 Å². The number of carbonyl (C=O) groups is 2. The number of nitrogens with zero attached hydrogens (tertiary/aromatic N) is 2. The van der Waals surface area contributed by atoms with Crippen molar-refractivity contribution in [3.8, 4) is 0 Å². The first-order chi connectivity index (χ1) is 9.56. The Labute approximate surface area is 117 Å². The molecule has 0 aliphatic heterocycles. The second kappa shape index (κ2) is 6.40. The number of hydrogen-bond donors (Lipinski definition) is 3. The third-order valence-electron chi connectivity index (χ3n) is 3.71. The number of rotatable bonds is 5. The van der Waals surface area contributed by atoms with Crippen molar-refractivity contribution in [2.45, 2.75) is 25.8 Å². The molecule has 3 N–H and O–H groups in total. The molecule has 1 aromatic rings. The molecule has 2 amide bonds. The minimum absolute atomic E-state index is 0.0386. The molecular formula is C13H20N4O3. The van der Waals surface area contributed by atoms with Gasteiger partial charge in [0.25, 0.3) is 0 Å². The summed E-state index contributed by atoms with van der Waals surface area (Å²) >= 11 is 0. The van der Waals surface area contributed by atoms with E-state index >= 15 is 0 Å². The van der Waals surface area contributed by atoms with E-state index in [1.807, 2.05) is 13.2 Å². The molecule has 2 rings (SSSR count). The van der Waals surface area contributed by atoms with Gasteiger partial charge < -0.3 is 15.7 Å². The molecule has 0 aromatic carbocycles. The molecule has 2 atom stereocenters. The third kappa shape index (κ3) is 3.72. The van der Waals surface area contributed by atoms with E-state index in [-0.39, 0.29) is 17.9 Å². The van der Waals surface area contributed by atoms with Crippen molar-refractivity contribution in [3.05, 3.63) is 18.0 Å². The van der Waals surface area contributed by atoms with Gasteiger partial charge in [0.15, 0.2) is 0 Å². The van der Waals surface area contributed by atoms with E-state index in [4.69, 9.17) is 5.11 Å². The molecule has 20 heavy (non-hydrogen) atoms. The van der Waals surface area contributed by atoms with Crippen molar-refractivity contribution in [3.63, 3.8) is 0 Å². The summed E-state index contributed by atoms with van der Waals surface area (Å²) in [7, 11) is 1.82. The van der Waals surface area contributed by atoms with Gasteiger partial charge in [-0.15, -0.1) is 0 Å². The highest BCUT2D eigenvalue weighted by Gasteiger charge is 2.32. The molecule has 1 heterocycles. The fourth-order valence-electron chi connectivity index (χ4n) is 2.64. The number of carboxylic acid groups (broad SMARTS) is 1. The van der Waals surface area contributed by atoms with Gasteiger partial charge in [-0.05, 0) is 18.8 Å². The van der Waals surface area contributed by atoms with Crippen LogP contribution in [-0.2, 0) is 18.4 Å². The predicted octanol–water partition coefficient (Wildman–Crippen LogP) is 0.720. The van der Waals surface area contributed by atoms with Crippen LogP contribution in [0.2, 0.25) is 0 Å². The lowest BCUT2D eigenvalue weighted by atomic mass is 9.96. The van der Waals surface area contributed by atoms with Crippen molar-refractivity contribution >= 4 is 12.0 Å². The molecule has 7 heteroatoms. The second-order valence-corrected chi connectivity index (χ2v) is 5.22. The van der Waals surface area contributed by atoms with E-state index in [0.29, 0.717) is 19.5 Å². The van der Waals surface area contributed by atoms with Gasteiger partial charge in [0.1, 0.15) is 0 Å². The quantitative estimate of drug-likeness (QED) is 0.740. The molecule has 1 fully saturated rings. The van der Waals surface area contributed by atoms with Gasteiger partial charge in [0.2, 0.25) is 0 Å². The van der Waals surface area contributed by atoms with Crippen LogP contribution in [0.3, 0.4) is 0 Å². The zero-order chi connectivity index (χ0) is 14.5. The average molecular weight is 280 g/mol. The van der Waals surface area contributed by atoms with Crippen LogP contribution in [0.4, 0.5) is 4.79 Å². The SMILES string of the molecule is Cn1cc(CNC(=O)NCC2CCCC2C(=O)O)cn1. The van der Waals surface area contributed by atoms with Crippen LogP contribution < -0.4 is 10.6 Å². The smallest absolute Gasteiger partial charge is 0.315 e. The van der Waals surface area contributed by atoms with Gasteiger partial charge in [0.05, 0.1) is 12.1 Å². The molecule has 7 nitrogen and oxygen atoms in total. The Balaban J connectivity index is 1.71. The molecule has 1 aliphatic rings. The Morgan fingerprint density at radius 2 is 2.25 bits per heavy atom. The lowest BCUT2D eigenvalue weighted by Crippen LogP contribution is -2.39. The number of carboxylic acids is 1. The Bertz CT molecular complexity index is 486. The Morgan fingerprint density at radius 1 is 1.45 bits per heavy atom. The van der Waals surface area contributed by atoms with Gasteiger partial charge in [0, 0.05) is 31.9 Å². The van der Waals surface area contributed by atoms with Crippen molar-refractivity contribution in [2.24, 2.45) is 18.9 Å². The first-order valence-electron chi connectivity index (χ1n) is 6.78. The van der Waals surface area contributed by atoms with Crippen LogP contribution in [0.5, 0.6) is 0 Å². The van der Waals surface area contributed by atoms with E-state index in [9.17, 15) is 9.59 Å². The minimum Gasteiger partial charge on any atom is -0.481 e. The Kier molecular flexibility index (Phi) is 4.60. The zero-order valence-corrected chi connectivity index (χ0v) is 11.5. The number of carbonyl (C=O) groups excluding carboxylic acids is 1. The average Bonchev–Trinajstić information content (AvgIpc) is 3.02. The molecule has 2 unspecified atom stereocenters. The Morgan fingerprint density at radius 3 is 2.90 bits per heavy atom. The fourth-order valence-corrected chi connectivity index (χ4v) is 2.64. The lowest BCUT2D eigenvalue weighted by molar-refractivity contribution is -0.142. The summed E-state index contributed by atoms with van der Waals surface area (Å²) in [5, 5.41) is 18.6. The molecule has 0 bridgehead atoms. The van der Waals surface area contributed by atoms with Crippen molar-refractivity contribution in [1.82, 2.24) is 20.4 Å². The number of hydrogen-bond acceptors (Lipinski definition) is 3. The number of aromatic nitrogens is 2. The molecule has 1 aromatic heterocycles. The number of urea groups is 1. The molecular weight excluding hydrogens is 260 g/mol. The van der Waals surface area contributed by atoms with Gasteiger partial charge >= 0.3 is 12.0 Å². The maximum absolute atomic E-state index is 11.7. The van der Waals surface area contributed by atoms with Crippen molar-refractivity contribution in [1.29, 1.82) is 0 Å². The molecule has 1 aliphatic carbocycles. The largest absolute Gasteiger partial charge is 0.481 e. The summed E-state index contributed by atoms with van der Waals surface area (Å²) in [5.41, 5.74) is 0.923. The summed E-state index contributed by atoms with van der Waals surface area (Å²) in [5.74, 6) is -1.05. The predicted molar refractivity (Wildman–Crippen MR) is 71.9 cm³/mol. The van der Waals surface area contributed by atoms with Crippen LogP contribution in [0.1, 0.15) is 24.8 Å². The summed E-state index contributed by atoms with van der Waals surface area (Å²) in [6.07, 6.45) is 6.01. The van der Waals surface area contributed by atoms with Gasteiger partial charge in [-0.2, -0.15) is 5.10 Å². The molecule has 110 valence electrons. The number of aliphatic carboxylic acids is 1. The van der Waals surface area contributed by atoms with Gasteiger partial charge in [-0.25, -0.2) is 4.79 Å². The molecule has 0 radical (unpaired) electrons. The standard InChI is InChI=1S/C13H20N4O3/c1-17-8-9(6-16-17)5-14-13(20)15-7-10-3-2-4-11(10)12(18)19/h6,8,10-11H,2-5,7H2,1H3,(H,18,19)(H2,14,15,20). The van der Waals surface area contributed by atoms with E-state index in [1.54, 1.807) is 10.9 Å². The number of nitrogens with one attached hydrogen (secondary N) is 2. The maximum atomic E-state index is 11.7. The van der Waals surface area contributed by atoms with Crippen molar-refractivity contribution < 1.29 is 14.7 Å². The first-order valence-corrected chi connectivity index (χ1v) is 6.78.